The van der Waals surface area contributed by atoms with E-state index in [2.05, 4.69) is 23.9 Å². The van der Waals surface area contributed by atoms with Crippen molar-refractivity contribution in [3.05, 3.63) is 29.7 Å². The second kappa shape index (κ2) is 4.57. The third-order valence-electron chi connectivity index (χ3n) is 2.81. The molecule has 4 nitrogen and oxygen atoms in total. The highest BCUT2D eigenvalue weighted by Crippen LogP contribution is 2.27. The first kappa shape index (κ1) is 11.6. The van der Waals surface area contributed by atoms with E-state index < -0.39 is 0 Å². The van der Waals surface area contributed by atoms with Gasteiger partial charge < -0.3 is 5.73 Å². The standard InChI is InChI=1S/C13H18N4/c1-4-5-12-11(8-17(3)16-12)10-7-15-13(14)6-9(10)2/h6-8H,4-5H2,1-3H3,(H2,14,15). The van der Waals surface area contributed by atoms with Gasteiger partial charge in [0.05, 0.1) is 5.69 Å². The van der Waals surface area contributed by atoms with Gasteiger partial charge in [0.25, 0.3) is 0 Å². The molecule has 0 aromatic carbocycles. The van der Waals surface area contributed by atoms with Gasteiger partial charge >= 0.3 is 0 Å². The van der Waals surface area contributed by atoms with E-state index in [4.69, 9.17) is 5.73 Å². The lowest BCUT2D eigenvalue weighted by atomic mass is 10.0. The molecule has 0 amide bonds. The van der Waals surface area contributed by atoms with Crippen LogP contribution in [-0.2, 0) is 13.5 Å². The van der Waals surface area contributed by atoms with Gasteiger partial charge in [0, 0.05) is 30.6 Å². The summed E-state index contributed by atoms with van der Waals surface area (Å²) in [6.45, 7) is 4.21. The van der Waals surface area contributed by atoms with Gasteiger partial charge in [0.1, 0.15) is 5.82 Å². The zero-order valence-electron chi connectivity index (χ0n) is 10.6. The van der Waals surface area contributed by atoms with Crippen LogP contribution >= 0.6 is 0 Å². The Morgan fingerprint density at radius 1 is 1.35 bits per heavy atom. The second-order valence-electron chi connectivity index (χ2n) is 4.34. The highest BCUT2D eigenvalue weighted by Gasteiger charge is 2.11. The Labute approximate surface area is 101 Å². The number of nitrogens with two attached hydrogens (primary N) is 1. The molecule has 2 aromatic heterocycles. The Morgan fingerprint density at radius 2 is 2.12 bits per heavy atom. The summed E-state index contributed by atoms with van der Waals surface area (Å²) in [4.78, 5) is 4.17. The molecule has 2 aromatic rings. The molecule has 90 valence electrons. The third-order valence-corrected chi connectivity index (χ3v) is 2.81. The normalized spacial score (nSPS) is 10.8. The van der Waals surface area contributed by atoms with Gasteiger partial charge in [0.2, 0.25) is 0 Å². The number of aromatic nitrogens is 3. The van der Waals surface area contributed by atoms with Crippen LogP contribution < -0.4 is 5.73 Å². The molecule has 2 heterocycles. The predicted molar refractivity (Wildman–Crippen MR) is 69.6 cm³/mol. The Morgan fingerprint density at radius 3 is 2.76 bits per heavy atom. The van der Waals surface area contributed by atoms with Crippen LogP contribution in [0.1, 0.15) is 24.6 Å². The van der Waals surface area contributed by atoms with E-state index in [-0.39, 0.29) is 0 Å². The Balaban J connectivity index is 2.51. The molecule has 0 spiro atoms. The molecular formula is C13H18N4. The number of hydrogen-bond donors (Lipinski definition) is 1. The number of nitrogen functional groups attached to an aromatic ring is 1. The lowest BCUT2D eigenvalue weighted by molar-refractivity contribution is 0.733. The van der Waals surface area contributed by atoms with Gasteiger partial charge in [0.15, 0.2) is 0 Å². The molecule has 17 heavy (non-hydrogen) atoms. The maximum absolute atomic E-state index is 5.68. The van der Waals surface area contributed by atoms with Crippen LogP contribution in [-0.4, -0.2) is 14.8 Å². The summed E-state index contributed by atoms with van der Waals surface area (Å²) in [5, 5.41) is 4.50. The van der Waals surface area contributed by atoms with Crippen molar-refractivity contribution in [3.63, 3.8) is 0 Å². The van der Waals surface area contributed by atoms with Crippen LogP contribution in [0.15, 0.2) is 18.5 Å². The zero-order valence-corrected chi connectivity index (χ0v) is 10.6. The summed E-state index contributed by atoms with van der Waals surface area (Å²) in [6.07, 6.45) is 5.96. The average Bonchev–Trinajstić information content (AvgIpc) is 2.60. The van der Waals surface area contributed by atoms with Crippen LogP contribution in [0.2, 0.25) is 0 Å². The van der Waals surface area contributed by atoms with Crippen molar-refractivity contribution in [2.24, 2.45) is 7.05 Å². The van der Waals surface area contributed by atoms with E-state index in [9.17, 15) is 0 Å². The molecule has 0 atom stereocenters. The third kappa shape index (κ3) is 2.30. The first-order chi connectivity index (χ1) is 8.11. The molecule has 0 saturated carbocycles. The number of aryl methyl sites for hydroxylation is 3. The summed E-state index contributed by atoms with van der Waals surface area (Å²) < 4.78 is 1.86. The van der Waals surface area contributed by atoms with Gasteiger partial charge in [-0.2, -0.15) is 5.10 Å². The highest BCUT2D eigenvalue weighted by molar-refractivity contribution is 5.69. The Hall–Kier alpha value is -1.84. The lowest BCUT2D eigenvalue weighted by Gasteiger charge is -2.05. The lowest BCUT2D eigenvalue weighted by Crippen LogP contribution is -1.94. The smallest absolute Gasteiger partial charge is 0.123 e. The molecule has 0 unspecified atom stereocenters. The van der Waals surface area contributed by atoms with Crippen molar-refractivity contribution in [1.82, 2.24) is 14.8 Å². The molecule has 2 N–H and O–H groups in total. The highest BCUT2D eigenvalue weighted by atomic mass is 15.2. The van der Waals surface area contributed by atoms with Crippen LogP contribution in [0.5, 0.6) is 0 Å². The quantitative estimate of drug-likeness (QED) is 0.880. The van der Waals surface area contributed by atoms with E-state index in [1.807, 2.05) is 30.2 Å². The van der Waals surface area contributed by atoms with Crippen LogP contribution in [0.4, 0.5) is 5.82 Å². The SMILES string of the molecule is CCCc1nn(C)cc1-c1cnc(N)cc1C. The summed E-state index contributed by atoms with van der Waals surface area (Å²) in [7, 11) is 1.95. The van der Waals surface area contributed by atoms with Gasteiger partial charge in [-0.1, -0.05) is 13.3 Å². The Bertz CT molecular complexity index is 528. The summed E-state index contributed by atoms with van der Waals surface area (Å²) in [5.41, 5.74) is 10.2. The van der Waals surface area contributed by atoms with E-state index in [1.165, 1.54) is 5.56 Å². The molecule has 0 aliphatic carbocycles. The maximum atomic E-state index is 5.68. The summed E-state index contributed by atoms with van der Waals surface area (Å²) in [6, 6.07) is 1.90. The molecule has 4 heteroatoms. The van der Waals surface area contributed by atoms with E-state index in [0.29, 0.717) is 5.82 Å². The van der Waals surface area contributed by atoms with Crippen LogP contribution in [0.3, 0.4) is 0 Å². The summed E-state index contributed by atoms with van der Waals surface area (Å²) >= 11 is 0. The van der Waals surface area contributed by atoms with Crippen molar-refractivity contribution < 1.29 is 0 Å². The van der Waals surface area contributed by atoms with Gasteiger partial charge in [-0.05, 0) is 25.0 Å². The second-order valence-corrected chi connectivity index (χ2v) is 4.34. The molecule has 0 saturated heterocycles. The van der Waals surface area contributed by atoms with Gasteiger partial charge in [-0.3, -0.25) is 4.68 Å². The van der Waals surface area contributed by atoms with E-state index >= 15 is 0 Å². The topological polar surface area (TPSA) is 56.7 Å². The van der Waals surface area contributed by atoms with Crippen molar-refractivity contribution in [2.45, 2.75) is 26.7 Å². The monoisotopic (exact) mass is 230 g/mol. The Kier molecular flexibility index (Phi) is 3.13. The molecule has 2 rings (SSSR count). The van der Waals surface area contributed by atoms with Crippen LogP contribution in [0.25, 0.3) is 11.1 Å². The first-order valence-electron chi connectivity index (χ1n) is 5.86. The predicted octanol–water partition coefficient (Wildman–Crippen LogP) is 2.33. The number of hydrogen-bond acceptors (Lipinski definition) is 3. The fourth-order valence-corrected chi connectivity index (χ4v) is 2.04. The fraction of sp³-hybridized carbons (Fsp3) is 0.385. The van der Waals surface area contributed by atoms with E-state index in [1.54, 1.807) is 0 Å². The molecular weight excluding hydrogens is 212 g/mol. The van der Waals surface area contributed by atoms with Crippen molar-refractivity contribution in [3.8, 4) is 11.1 Å². The molecule has 0 aliphatic rings. The van der Waals surface area contributed by atoms with Crippen molar-refractivity contribution >= 4 is 5.82 Å². The zero-order chi connectivity index (χ0) is 12.4. The minimum atomic E-state index is 0.562. The number of anilines is 1. The molecule has 0 radical (unpaired) electrons. The van der Waals surface area contributed by atoms with E-state index in [0.717, 1.165) is 29.7 Å². The van der Waals surface area contributed by atoms with Crippen LogP contribution in [0, 0.1) is 6.92 Å². The number of rotatable bonds is 3. The number of nitrogens with zero attached hydrogens (tertiary/aromatic N) is 3. The van der Waals surface area contributed by atoms with Gasteiger partial charge in [-0.15, -0.1) is 0 Å². The maximum Gasteiger partial charge on any atom is 0.123 e. The number of pyridine rings is 1. The summed E-state index contributed by atoms with van der Waals surface area (Å²) in [5.74, 6) is 0.562. The molecule has 0 aliphatic heterocycles. The average molecular weight is 230 g/mol. The minimum Gasteiger partial charge on any atom is -0.384 e. The fourth-order valence-electron chi connectivity index (χ4n) is 2.04. The minimum absolute atomic E-state index is 0.562. The molecule has 0 fully saturated rings. The van der Waals surface area contributed by atoms with Crippen molar-refractivity contribution in [2.75, 3.05) is 5.73 Å². The largest absolute Gasteiger partial charge is 0.384 e. The van der Waals surface area contributed by atoms with Gasteiger partial charge in [-0.25, -0.2) is 4.98 Å². The van der Waals surface area contributed by atoms with Crippen molar-refractivity contribution in [1.29, 1.82) is 0 Å². The first-order valence-corrected chi connectivity index (χ1v) is 5.86. The molecule has 0 bridgehead atoms.